The summed E-state index contributed by atoms with van der Waals surface area (Å²) in [7, 11) is -3.78. The van der Waals surface area contributed by atoms with E-state index in [-0.39, 0.29) is 22.9 Å². The Kier molecular flexibility index (Phi) is 5.41. The maximum absolute atomic E-state index is 12.6. The minimum Gasteiger partial charge on any atom is -0.392 e. The number of fused-ring (bicyclic) bond motifs is 1. The largest absolute Gasteiger partial charge is 0.392 e. The average Bonchev–Trinajstić information content (AvgIpc) is 3.10. The fourth-order valence-electron chi connectivity index (χ4n) is 3.05. The van der Waals surface area contributed by atoms with E-state index < -0.39 is 16.1 Å². The van der Waals surface area contributed by atoms with Gasteiger partial charge in [0.25, 0.3) is 5.91 Å². The first-order chi connectivity index (χ1) is 12.4. The molecule has 3 N–H and O–H groups in total. The zero-order valence-electron chi connectivity index (χ0n) is 14.5. The van der Waals surface area contributed by atoms with Gasteiger partial charge in [-0.05, 0) is 61.6 Å². The van der Waals surface area contributed by atoms with Gasteiger partial charge in [0.15, 0.2) is 0 Å². The van der Waals surface area contributed by atoms with Gasteiger partial charge >= 0.3 is 0 Å². The van der Waals surface area contributed by atoms with E-state index in [1.807, 2.05) is 12.1 Å². The van der Waals surface area contributed by atoms with E-state index >= 15 is 0 Å². The molecule has 0 fully saturated rings. The summed E-state index contributed by atoms with van der Waals surface area (Å²) in [5.74, 6) is -0.349. The van der Waals surface area contributed by atoms with Crippen molar-refractivity contribution in [3.05, 3.63) is 59.2 Å². The Morgan fingerprint density at radius 1 is 1.19 bits per heavy atom. The smallest absolute Gasteiger partial charge is 0.255 e. The zero-order valence-corrected chi connectivity index (χ0v) is 15.3. The number of sulfonamides is 1. The summed E-state index contributed by atoms with van der Waals surface area (Å²) < 4.78 is 26.9. The molecule has 0 aliphatic heterocycles. The average molecular weight is 374 g/mol. The number of hydrogen-bond acceptors (Lipinski definition) is 4. The van der Waals surface area contributed by atoms with Gasteiger partial charge in [-0.15, -0.1) is 0 Å². The standard InChI is InChI=1S/C19H22N2O4S/c1-13(22)12-20-26(24,25)16-8-2-7-15(11-16)19(23)21-18-10-4-6-14-5-3-9-17(14)18/h2,4,6-8,10-11,13,20,22H,3,5,9,12H2,1H3,(H,21,23). The summed E-state index contributed by atoms with van der Waals surface area (Å²) in [6.45, 7) is 1.40. The van der Waals surface area contributed by atoms with E-state index in [1.54, 1.807) is 6.07 Å². The molecule has 0 bridgehead atoms. The van der Waals surface area contributed by atoms with Crippen molar-refractivity contribution in [1.29, 1.82) is 0 Å². The van der Waals surface area contributed by atoms with Crippen LogP contribution in [0, 0.1) is 0 Å². The highest BCUT2D eigenvalue weighted by Gasteiger charge is 2.19. The molecule has 1 unspecified atom stereocenters. The molecular weight excluding hydrogens is 352 g/mol. The van der Waals surface area contributed by atoms with Crippen molar-refractivity contribution < 1.29 is 18.3 Å². The molecule has 2 aromatic carbocycles. The molecule has 26 heavy (non-hydrogen) atoms. The molecule has 2 aromatic rings. The summed E-state index contributed by atoms with van der Waals surface area (Å²) in [5.41, 5.74) is 3.45. The third-order valence-corrected chi connectivity index (χ3v) is 5.79. The number of hydrogen-bond donors (Lipinski definition) is 3. The van der Waals surface area contributed by atoms with Crippen LogP contribution in [0.15, 0.2) is 47.4 Å². The predicted molar refractivity (Wildman–Crippen MR) is 99.7 cm³/mol. The summed E-state index contributed by atoms with van der Waals surface area (Å²) in [5, 5.41) is 12.1. The Hall–Kier alpha value is -2.22. The third-order valence-electron chi connectivity index (χ3n) is 4.37. The van der Waals surface area contributed by atoms with Gasteiger partial charge in [0.1, 0.15) is 0 Å². The van der Waals surface area contributed by atoms with Gasteiger partial charge in [-0.25, -0.2) is 13.1 Å². The van der Waals surface area contributed by atoms with Gasteiger partial charge in [-0.3, -0.25) is 4.79 Å². The number of anilines is 1. The summed E-state index contributed by atoms with van der Waals surface area (Å²) >= 11 is 0. The first-order valence-electron chi connectivity index (χ1n) is 8.57. The van der Waals surface area contributed by atoms with Gasteiger partial charge in [0.05, 0.1) is 11.0 Å². The van der Waals surface area contributed by atoms with Crippen LogP contribution in [0.2, 0.25) is 0 Å². The number of rotatable bonds is 6. The fraction of sp³-hybridized carbons (Fsp3) is 0.316. The zero-order chi connectivity index (χ0) is 18.7. The molecule has 6 nitrogen and oxygen atoms in total. The van der Waals surface area contributed by atoms with Crippen molar-refractivity contribution in [3.63, 3.8) is 0 Å². The molecule has 1 atom stereocenters. The van der Waals surface area contributed by atoms with E-state index in [0.29, 0.717) is 0 Å². The first-order valence-corrected chi connectivity index (χ1v) is 10.0. The van der Waals surface area contributed by atoms with E-state index in [2.05, 4.69) is 16.1 Å². The number of nitrogens with one attached hydrogen (secondary N) is 2. The molecule has 1 aliphatic rings. The monoisotopic (exact) mass is 374 g/mol. The number of aryl methyl sites for hydroxylation is 1. The van der Waals surface area contributed by atoms with Crippen LogP contribution >= 0.6 is 0 Å². The Bertz CT molecular complexity index is 923. The van der Waals surface area contributed by atoms with Crippen molar-refractivity contribution >= 4 is 21.6 Å². The summed E-state index contributed by atoms with van der Waals surface area (Å²) in [6.07, 6.45) is 2.23. The molecular formula is C19H22N2O4S. The first kappa shape index (κ1) is 18.6. The maximum Gasteiger partial charge on any atom is 0.255 e. The lowest BCUT2D eigenvalue weighted by atomic mass is 10.1. The second-order valence-corrected chi connectivity index (χ2v) is 8.25. The number of aliphatic hydroxyl groups excluding tert-OH is 1. The Morgan fingerprint density at radius 3 is 2.73 bits per heavy atom. The van der Waals surface area contributed by atoms with Crippen LogP contribution < -0.4 is 10.0 Å². The number of carbonyl (C=O) groups excluding carboxylic acids is 1. The highest BCUT2D eigenvalue weighted by molar-refractivity contribution is 7.89. The highest BCUT2D eigenvalue weighted by Crippen LogP contribution is 2.29. The minimum atomic E-state index is -3.78. The summed E-state index contributed by atoms with van der Waals surface area (Å²) in [4.78, 5) is 12.6. The SMILES string of the molecule is CC(O)CNS(=O)(=O)c1cccc(C(=O)Nc2cccc3c2CCC3)c1. The Balaban J connectivity index is 1.80. The van der Waals surface area contributed by atoms with Crippen molar-refractivity contribution in [2.75, 3.05) is 11.9 Å². The van der Waals surface area contributed by atoms with Crippen LogP contribution in [0.3, 0.4) is 0 Å². The van der Waals surface area contributed by atoms with Crippen LogP contribution in [0.4, 0.5) is 5.69 Å². The molecule has 7 heteroatoms. The number of aliphatic hydroxyl groups is 1. The van der Waals surface area contributed by atoms with Crippen LogP contribution in [0.25, 0.3) is 0 Å². The Labute approximate surface area is 153 Å². The molecule has 3 rings (SSSR count). The van der Waals surface area contributed by atoms with E-state index in [0.717, 1.165) is 30.5 Å². The minimum absolute atomic E-state index is 0.0101. The van der Waals surface area contributed by atoms with Crippen LogP contribution in [-0.2, 0) is 22.9 Å². The lowest BCUT2D eigenvalue weighted by molar-refractivity contribution is 0.102. The van der Waals surface area contributed by atoms with Gasteiger partial charge in [-0.2, -0.15) is 0 Å². The fourth-order valence-corrected chi connectivity index (χ4v) is 4.22. The van der Waals surface area contributed by atoms with Crippen LogP contribution in [0.5, 0.6) is 0 Å². The highest BCUT2D eigenvalue weighted by atomic mass is 32.2. The lowest BCUT2D eigenvalue weighted by Gasteiger charge is -2.12. The second kappa shape index (κ2) is 7.57. The van der Waals surface area contributed by atoms with Crippen LogP contribution in [0.1, 0.15) is 34.8 Å². The molecule has 0 spiro atoms. The van der Waals surface area contributed by atoms with E-state index in [4.69, 9.17) is 0 Å². The topological polar surface area (TPSA) is 95.5 Å². The molecule has 0 saturated carbocycles. The maximum atomic E-state index is 12.6. The molecule has 0 radical (unpaired) electrons. The second-order valence-electron chi connectivity index (χ2n) is 6.48. The van der Waals surface area contributed by atoms with Crippen molar-refractivity contribution in [1.82, 2.24) is 4.72 Å². The van der Waals surface area contributed by atoms with Gasteiger partial charge in [0, 0.05) is 17.8 Å². The van der Waals surface area contributed by atoms with Crippen LogP contribution in [-0.4, -0.2) is 32.1 Å². The van der Waals surface area contributed by atoms with E-state index in [1.165, 1.54) is 30.7 Å². The van der Waals surface area contributed by atoms with Crippen molar-refractivity contribution in [2.24, 2.45) is 0 Å². The molecule has 0 saturated heterocycles. The predicted octanol–water partition coefficient (Wildman–Crippen LogP) is 2.09. The van der Waals surface area contributed by atoms with E-state index in [9.17, 15) is 18.3 Å². The number of amides is 1. The number of carbonyl (C=O) groups is 1. The van der Waals surface area contributed by atoms with Gasteiger partial charge in [0.2, 0.25) is 10.0 Å². The quantitative estimate of drug-likeness (QED) is 0.721. The normalized spacial score (nSPS) is 14.7. The Morgan fingerprint density at radius 2 is 1.96 bits per heavy atom. The van der Waals surface area contributed by atoms with Gasteiger partial charge < -0.3 is 10.4 Å². The third kappa shape index (κ3) is 4.12. The molecule has 138 valence electrons. The van der Waals surface area contributed by atoms with Crippen molar-refractivity contribution in [2.45, 2.75) is 37.2 Å². The molecule has 0 aromatic heterocycles. The van der Waals surface area contributed by atoms with Crippen molar-refractivity contribution in [3.8, 4) is 0 Å². The van der Waals surface area contributed by atoms with Gasteiger partial charge in [-0.1, -0.05) is 18.2 Å². The molecule has 0 heterocycles. The molecule has 1 aliphatic carbocycles. The summed E-state index contributed by atoms with van der Waals surface area (Å²) in [6, 6.07) is 11.7. The molecule has 1 amide bonds. The lowest BCUT2D eigenvalue weighted by Crippen LogP contribution is -2.30. The number of benzene rings is 2.